The molecule has 0 amide bonds. The van der Waals surface area contributed by atoms with E-state index in [9.17, 15) is 14.4 Å². The summed E-state index contributed by atoms with van der Waals surface area (Å²) >= 11 is 0. The van der Waals surface area contributed by atoms with E-state index in [1.165, 1.54) is 21.3 Å². The quantitative estimate of drug-likeness (QED) is 0.0414. The fraction of sp³-hybridized carbons (Fsp3) is 0.941. The third kappa shape index (κ3) is 14.1. The zero-order valence-corrected chi connectivity index (χ0v) is 43.7. The summed E-state index contributed by atoms with van der Waals surface area (Å²) in [6, 6.07) is 0. The largest absolute Gasteiger partial charge is 0.469 e. The Balaban J connectivity index is 0.000000222. The molecule has 17 heteroatoms. The van der Waals surface area contributed by atoms with Crippen LogP contribution in [-0.2, 0) is 80.7 Å². The molecule has 3 heterocycles. The van der Waals surface area contributed by atoms with E-state index in [1.807, 2.05) is 6.92 Å². The van der Waals surface area contributed by atoms with Gasteiger partial charge in [0.05, 0.1) is 45.2 Å². The average Bonchev–Trinajstić information content (AvgIpc) is 4.29. The molecule has 396 valence electrons. The molecule has 0 bridgehead atoms. The summed E-state index contributed by atoms with van der Waals surface area (Å²) in [5.74, 6) is -1.51. The van der Waals surface area contributed by atoms with E-state index in [4.69, 9.17) is 66.3 Å². The maximum atomic E-state index is 11.9. The lowest BCUT2D eigenvalue weighted by Crippen LogP contribution is -2.41. The van der Waals surface area contributed by atoms with Gasteiger partial charge in [-0.05, 0) is 64.7 Å². The molecule has 0 aromatic heterocycles. The van der Waals surface area contributed by atoms with Crippen molar-refractivity contribution in [3.63, 3.8) is 0 Å². The molecule has 68 heavy (non-hydrogen) atoms. The molecule has 3 aliphatic heterocycles. The lowest BCUT2D eigenvalue weighted by atomic mass is 10.0. The van der Waals surface area contributed by atoms with Gasteiger partial charge < -0.3 is 66.3 Å². The van der Waals surface area contributed by atoms with Crippen LogP contribution < -0.4 is 0 Å². The molecule has 6 aliphatic rings. The van der Waals surface area contributed by atoms with E-state index >= 15 is 0 Å². The Morgan fingerprint density at radius 3 is 0.956 bits per heavy atom. The molecular formula is C51H90O17. The van der Waals surface area contributed by atoms with Gasteiger partial charge in [0.1, 0.15) is 53.4 Å². The number of esters is 3. The first-order valence-electron chi connectivity index (χ1n) is 25.9. The molecule has 0 radical (unpaired) electrons. The van der Waals surface area contributed by atoms with Crippen LogP contribution in [0.1, 0.15) is 145 Å². The van der Waals surface area contributed by atoms with Crippen molar-refractivity contribution in [3.05, 3.63) is 0 Å². The summed E-state index contributed by atoms with van der Waals surface area (Å²) in [6.45, 7) is 18.7. The van der Waals surface area contributed by atoms with Gasteiger partial charge in [0, 0.05) is 53.9 Å². The van der Waals surface area contributed by atoms with Gasteiger partial charge in [-0.2, -0.15) is 0 Å². The molecule has 0 aromatic rings. The minimum Gasteiger partial charge on any atom is -0.469 e. The van der Waals surface area contributed by atoms with Gasteiger partial charge in [-0.25, -0.2) is 0 Å². The van der Waals surface area contributed by atoms with Crippen molar-refractivity contribution in [2.75, 3.05) is 75.2 Å². The highest BCUT2D eigenvalue weighted by Crippen LogP contribution is 2.59. The number of carbonyl (C=O) groups is 3. The third-order valence-corrected chi connectivity index (χ3v) is 14.0. The van der Waals surface area contributed by atoms with E-state index in [0.29, 0.717) is 58.9 Å². The maximum absolute atomic E-state index is 11.9. The second-order valence-corrected chi connectivity index (χ2v) is 19.0. The molecular weight excluding hydrogens is 885 g/mol. The van der Waals surface area contributed by atoms with E-state index in [0.717, 1.165) is 77.0 Å². The van der Waals surface area contributed by atoms with Gasteiger partial charge in [0.25, 0.3) is 0 Å². The van der Waals surface area contributed by atoms with E-state index < -0.39 is 29.4 Å². The fourth-order valence-electron chi connectivity index (χ4n) is 9.72. The summed E-state index contributed by atoms with van der Waals surface area (Å²) in [7, 11) is 7.42. The molecule has 3 saturated carbocycles. The number of rotatable bonds is 29. The minimum atomic E-state index is -0.654. The van der Waals surface area contributed by atoms with Crippen molar-refractivity contribution < 1.29 is 80.7 Å². The van der Waals surface area contributed by atoms with Gasteiger partial charge >= 0.3 is 17.9 Å². The smallest absolute Gasteiger partial charge is 0.311 e. The van der Waals surface area contributed by atoms with Crippen LogP contribution in [0, 0.1) is 17.8 Å². The normalized spacial score (nSPS) is 36.0. The minimum absolute atomic E-state index is 0.0573. The lowest BCUT2D eigenvalue weighted by molar-refractivity contribution is -0.171. The van der Waals surface area contributed by atoms with Crippen LogP contribution in [0.5, 0.6) is 0 Å². The second kappa shape index (κ2) is 28.9. The first-order valence-corrected chi connectivity index (χ1v) is 25.9. The highest BCUT2D eigenvalue weighted by molar-refractivity contribution is 5.79. The topological polar surface area (TPSA) is 180 Å². The molecule has 0 N–H and O–H groups in total. The molecule has 3 spiro atoms. The van der Waals surface area contributed by atoms with E-state index in [2.05, 4.69) is 41.5 Å². The number of methoxy groups -OCH3 is 5. The molecule has 6 fully saturated rings. The Morgan fingerprint density at radius 1 is 0.412 bits per heavy atom. The van der Waals surface area contributed by atoms with Crippen molar-refractivity contribution in [2.45, 2.75) is 217 Å². The number of hydrogen-bond donors (Lipinski definition) is 0. The van der Waals surface area contributed by atoms with Crippen LogP contribution in [-0.4, -0.2) is 165 Å². The summed E-state index contributed by atoms with van der Waals surface area (Å²) in [4.78, 5) is 35.8. The van der Waals surface area contributed by atoms with Crippen molar-refractivity contribution in [2.24, 2.45) is 17.8 Å². The number of ether oxygens (including phenoxy) is 14. The van der Waals surface area contributed by atoms with Crippen LogP contribution in [0.3, 0.4) is 0 Å². The van der Waals surface area contributed by atoms with Crippen molar-refractivity contribution in [3.8, 4) is 0 Å². The van der Waals surface area contributed by atoms with Crippen molar-refractivity contribution in [1.29, 1.82) is 0 Å². The molecule has 6 rings (SSSR count). The molecule has 15 atom stereocenters. The van der Waals surface area contributed by atoms with Crippen LogP contribution in [0.4, 0.5) is 0 Å². The van der Waals surface area contributed by atoms with Crippen LogP contribution >= 0.6 is 0 Å². The Labute approximate surface area is 407 Å². The fourth-order valence-corrected chi connectivity index (χ4v) is 9.72. The van der Waals surface area contributed by atoms with Gasteiger partial charge in [-0.15, -0.1) is 0 Å². The van der Waals surface area contributed by atoms with Gasteiger partial charge in [-0.3, -0.25) is 14.4 Å². The molecule has 6 unspecified atom stereocenters. The number of carbonyl (C=O) groups excluding carboxylic acids is 3. The van der Waals surface area contributed by atoms with Gasteiger partial charge in [0.15, 0.2) is 12.6 Å². The highest BCUT2D eigenvalue weighted by atomic mass is 16.7. The molecule has 3 saturated heterocycles. The van der Waals surface area contributed by atoms with Crippen LogP contribution in [0.2, 0.25) is 0 Å². The Kier molecular flexibility index (Phi) is 24.9. The highest BCUT2D eigenvalue weighted by Gasteiger charge is 2.75. The van der Waals surface area contributed by atoms with Gasteiger partial charge in [0.2, 0.25) is 0 Å². The predicted octanol–water partition coefficient (Wildman–Crippen LogP) is 7.29. The lowest BCUT2D eigenvalue weighted by Gasteiger charge is -2.24. The van der Waals surface area contributed by atoms with Crippen molar-refractivity contribution >= 4 is 17.9 Å². The average molecular weight is 975 g/mol. The summed E-state index contributed by atoms with van der Waals surface area (Å²) in [5.41, 5.74) is -1.84. The summed E-state index contributed by atoms with van der Waals surface area (Å²) in [6.07, 6.45) is 11.7. The molecule has 0 aromatic carbocycles. The number of hydrogen-bond acceptors (Lipinski definition) is 17. The number of unbranched alkanes of at least 4 members (excludes halogenated alkanes) is 6. The van der Waals surface area contributed by atoms with Crippen LogP contribution in [0.15, 0.2) is 0 Å². The summed E-state index contributed by atoms with van der Waals surface area (Å²) < 4.78 is 80.1. The zero-order valence-electron chi connectivity index (χ0n) is 43.7. The maximum Gasteiger partial charge on any atom is 0.311 e. The Bertz CT molecular complexity index is 1410. The Morgan fingerprint density at radius 2 is 0.676 bits per heavy atom. The zero-order chi connectivity index (χ0) is 49.9. The monoisotopic (exact) mass is 975 g/mol. The van der Waals surface area contributed by atoms with E-state index in [-0.39, 0.29) is 78.4 Å². The predicted molar refractivity (Wildman–Crippen MR) is 251 cm³/mol. The van der Waals surface area contributed by atoms with E-state index in [1.54, 1.807) is 14.2 Å². The van der Waals surface area contributed by atoms with Crippen LogP contribution in [0.25, 0.3) is 0 Å². The first kappa shape index (κ1) is 58.5. The third-order valence-electron chi connectivity index (χ3n) is 14.0. The summed E-state index contributed by atoms with van der Waals surface area (Å²) in [5, 5.41) is 0. The van der Waals surface area contributed by atoms with Crippen molar-refractivity contribution in [1.82, 2.24) is 0 Å². The second-order valence-electron chi connectivity index (χ2n) is 19.0. The SMILES string of the molecule is CCCCO[C@@H]1[C@H](C)OC2(CC2C(=O)OC)[C@H]1OCCCC.CCCCO[C@H]1[C@@H](OC)OC2(CC2C(=O)OC)[C@@H]1OCCCC.CCCCO[C@H]1[C@@H](OC)OC2(CC2C(=O)OC)[C@H]1OCCCC. The van der Waals surface area contributed by atoms with Gasteiger partial charge in [-0.1, -0.05) is 80.1 Å². The molecule has 3 aliphatic carbocycles. The standard InChI is InChI=1S/2C17H30O6.C17H30O5/c2*1-5-7-9-21-13-14(22-10-8-6-2)17(23-16(13)20-4)11-12(17)15(18)19-3;1-5-7-9-20-14-12(3)22-17(11-13(17)16(18)19-4)15(14)21-10-8-6-2/h2*12-14,16H,5-11H2,1-4H3;12-15H,5-11H2,1-4H3/t12?,13-,14+,16+,17?;12?,13-,14-,16+,17?;12-,13?,14+,15-,17?/m110/s1. The first-order chi connectivity index (χ1) is 32.9. The Hall–Kier alpha value is -2.03. The molecule has 17 nitrogen and oxygen atoms in total.